The minimum atomic E-state index is -0.00900. The van der Waals surface area contributed by atoms with Crippen molar-refractivity contribution in [3.05, 3.63) is 30.3 Å². The molecular weight excluding hydrogens is 208 g/mol. The van der Waals surface area contributed by atoms with E-state index in [4.69, 9.17) is 0 Å². The van der Waals surface area contributed by atoms with Gasteiger partial charge in [-0.1, -0.05) is 25.1 Å². The van der Waals surface area contributed by atoms with Crippen molar-refractivity contribution >= 4 is 28.3 Å². The van der Waals surface area contributed by atoms with Crippen molar-refractivity contribution in [3.63, 3.8) is 0 Å². The second-order valence-electron chi connectivity index (χ2n) is 2.88. The highest BCUT2D eigenvalue weighted by Crippen LogP contribution is 2.08. The third kappa shape index (κ3) is 4.16. The quantitative estimate of drug-likeness (QED) is 0.484. The van der Waals surface area contributed by atoms with Crippen LogP contribution < -0.4 is 5.43 Å². The summed E-state index contributed by atoms with van der Waals surface area (Å²) in [5.41, 5.74) is 3.74. The average Bonchev–Trinajstić information content (AvgIpc) is 2.25. The number of ketones is 1. The third-order valence-electron chi connectivity index (χ3n) is 1.64. The van der Waals surface area contributed by atoms with Crippen LogP contribution in [0.4, 0.5) is 5.69 Å². The summed E-state index contributed by atoms with van der Waals surface area (Å²) in [5, 5.41) is 4.58. The summed E-state index contributed by atoms with van der Waals surface area (Å²) < 4.78 is 0. The number of carbonyl (C=O) groups is 1. The van der Waals surface area contributed by atoms with E-state index < -0.39 is 0 Å². The number of anilines is 1. The van der Waals surface area contributed by atoms with Crippen molar-refractivity contribution in [2.75, 3.05) is 11.2 Å². The first kappa shape index (κ1) is 11.8. The van der Waals surface area contributed by atoms with Gasteiger partial charge in [0.15, 0.2) is 10.8 Å². The van der Waals surface area contributed by atoms with Crippen LogP contribution in [0.5, 0.6) is 0 Å². The number of rotatable bonds is 4. The van der Waals surface area contributed by atoms with Crippen LogP contribution >= 0.6 is 11.8 Å². The van der Waals surface area contributed by atoms with Crippen LogP contribution in [0.3, 0.4) is 0 Å². The van der Waals surface area contributed by atoms with E-state index in [1.807, 2.05) is 37.3 Å². The third-order valence-corrected chi connectivity index (χ3v) is 2.58. The molecule has 0 unspecified atom stereocenters. The Morgan fingerprint density at radius 3 is 2.60 bits per heavy atom. The monoisotopic (exact) mass is 222 g/mol. The lowest BCUT2D eigenvalue weighted by molar-refractivity contribution is -0.110. The molecule has 15 heavy (non-hydrogen) atoms. The van der Waals surface area contributed by atoms with Gasteiger partial charge in [-0.05, 0) is 17.9 Å². The van der Waals surface area contributed by atoms with Crippen molar-refractivity contribution in [1.29, 1.82) is 0 Å². The number of hydrazone groups is 1. The number of para-hydroxylation sites is 1. The minimum absolute atomic E-state index is 0.00900. The van der Waals surface area contributed by atoms with Crippen molar-refractivity contribution in [2.24, 2.45) is 5.10 Å². The zero-order valence-electron chi connectivity index (χ0n) is 8.86. The maximum Gasteiger partial charge on any atom is 0.186 e. The molecule has 0 radical (unpaired) electrons. The lowest BCUT2D eigenvalue weighted by Crippen LogP contribution is -2.08. The highest BCUT2D eigenvalue weighted by Gasteiger charge is 2.04. The van der Waals surface area contributed by atoms with Crippen LogP contribution in [-0.4, -0.2) is 16.6 Å². The number of Topliss-reactive ketones (excluding diaryl/α,β-unsaturated/α-hetero) is 1. The van der Waals surface area contributed by atoms with Crippen molar-refractivity contribution < 1.29 is 4.79 Å². The van der Waals surface area contributed by atoms with Crippen molar-refractivity contribution in [1.82, 2.24) is 0 Å². The molecule has 0 atom stereocenters. The SMILES string of the molecule is CCSC(=NNc1ccccc1)C(C)=O. The number of nitrogens with zero attached hydrogens (tertiary/aromatic N) is 1. The zero-order chi connectivity index (χ0) is 11.1. The molecule has 1 aromatic carbocycles. The Balaban J connectivity index is 2.65. The van der Waals surface area contributed by atoms with Gasteiger partial charge in [-0.3, -0.25) is 10.2 Å². The van der Waals surface area contributed by atoms with Crippen molar-refractivity contribution in [3.8, 4) is 0 Å². The fourth-order valence-electron chi connectivity index (χ4n) is 0.977. The molecule has 0 amide bonds. The van der Waals surface area contributed by atoms with Crippen LogP contribution in [0, 0.1) is 0 Å². The standard InChI is InChI=1S/C11H14N2OS/c1-3-15-11(9(2)14)13-12-10-7-5-4-6-8-10/h4-8,12H,3H2,1-2H3. The Hall–Kier alpha value is -1.29. The lowest BCUT2D eigenvalue weighted by atomic mass is 10.3. The van der Waals surface area contributed by atoms with E-state index in [9.17, 15) is 4.79 Å². The van der Waals surface area contributed by atoms with E-state index in [1.165, 1.54) is 18.7 Å². The van der Waals surface area contributed by atoms with E-state index in [2.05, 4.69) is 10.5 Å². The molecule has 1 aromatic rings. The number of thioether (sulfide) groups is 1. The molecule has 80 valence electrons. The highest BCUT2D eigenvalue weighted by atomic mass is 32.2. The molecule has 0 aliphatic carbocycles. The first-order valence-corrected chi connectivity index (χ1v) is 5.75. The minimum Gasteiger partial charge on any atom is -0.292 e. The average molecular weight is 222 g/mol. The zero-order valence-corrected chi connectivity index (χ0v) is 9.67. The lowest BCUT2D eigenvalue weighted by Gasteiger charge is -2.02. The summed E-state index contributed by atoms with van der Waals surface area (Å²) in [6.45, 7) is 3.51. The molecule has 0 spiro atoms. The molecule has 0 heterocycles. The molecule has 0 saturated heterocycles. The summed E-state index contributed by atoms with van der Waals surface area (Å²) in [5.74, 6) is 0.833. The van der Waals surface area contributed by atoms with Crippen LogP contribution in [0.1, 0.15) is 13.8 Å². The Morgan fingerprint density at radius 1 is 1.40 bits per heavy atom. The molecule has 1 rings (SSSR count). The molecule has 0 fully saturated rings. The summed E-state index contributed by atoms with van der Waals surface area (Å²) in [6.07, 6.45) is 0. The van der Waals surface area contributed by atoms with E-state index >= 15 is 0 Å². The van der Waals surface area contributed by atoms with Gasteiger partial charge in [0.25, 0.3) is 0 Å². The number of hydrogen-bond donors (Lipinski definition) is 1. The van der Waals surface area contributed by atoms with Gasteiger partial charge in [0.1, 0.15) is 0 Å². The van der Waals surface area contributed by atoms with Gasteiger partial charge in [0.2, 0.25) is 0 Å². The second kappa shape index (κ2) is 6.24. The normalized spacial score (nSPS) is 11.2. The smallest absolute Gasteiger partial charge is 0.186 e. The largest absolute Gasteiger partial charge is 0.292 e. The first-order valence-electron chi connectivity index (χ1n) is 4.76. The predicted octanol–water partition coefficient (Wildman–Crippen LogP) is 2.75. The van der Waals surface area contributed by atoms with Crippen LogP contribution in [0.25, 0.3) is 0 Å². The number of carbonyl (C=O) groups excluding carboxylic acids is 1. The Labute approximate surface area is 94.0 Å². The fraction of sp³-hybridized carbons (Fsp3) is 0.273. The number of benzene rings is 1. The first-order chi connectivity index (χ1) is 7.24. The van der Waals surface area contributed by atoms with Gasteiger partial charge in [-0.2, -0.15) is 5.10 Å². The van der Waals surface area contributed by atoms with Gasteiger partial charge in [0, 0.05) is 6.92 Å². The van der Waals surface area contributed by atoms with Gasteiger partial charge < -0.3 is 0 Å². The Bertz CT molecular complexity index is 349. The molecule has 3 nitrogen and oxygen atoms in total. The van der Waals surface area contributed by atoms with Gasteiger partial charge in [-0.25, -0.2) is 0 Å². The molecule has 1 N–H and O–H groups in total. The summed E-state index contributed by atoms with van der Waals surface area (Å²) >= 11 is 1.44. The topological polar surface area (TPSA) is 41.5 Å². The highest BCUT2D eigenvalue weighted by molar-refractivity contribution is 8.15. The van der Waals surface area contributed by atoms with Gasteiger partial charge in [0.05, 0.1) is 5.69 Å². The number of hydrogen-bond acceptors (Lipinski definition) is 4. The molecule has 0 aliphatic heterocycles. The van der Waals surface area contributed by atoms with Gasteiger partial charge in [-0.15, -0.1) is 11.8 Å². The van der Waals surface area contributed by atoms with Crippen molar-refractivity contribution in [2.45, 2.75) is 13.8 Å². The van der Waals surface area contributed by atoms with Crippen LogP contribution in [-0.2, 0) is 4.79 Å². The molecular formula is C11H14N2OS. The van der Waals surface area contributed by atoms with E-state index in [-0.39, 0.29) is 5.78 Å². The molecule has 0 aliphatic rings. The van der Waals surface area contributed by atoms with Crippen LogP contribution in [0.2, 0.25) is 0 Å². The molecule has 4 heteroatoms. The maximum absolute atomic E-state index is 11.2. The number of nitrogens with one attached hydrogen (secondary N) is 1. The van der Waals surface area contributed by atoms with E-state index in [1.54, 1.807) is 0 Å². The summed E-state index contributed by atoms with van der Waals surface area (Å²) in [6, 6.07) is 9.56. The molecule has 0 saturated carbocycles. The van der Waals surface area contributed by atoms with E-state index in [0.29, 0.717) is 5.04 Å². The van der Waals surface area contributed by atoms with Gasteiger partial charge >= 0.3 is 0 Å². The molecule has 0 aromatic heterocycles. The molecule has 0 bridgehead atoms. The summed E-state index contributed by atoms with van der Waals surface area (Å²) in [7, 11) is 0. The van der Waals surface area contributed by atoms with E-state index in [0.717, 1.165) is 11.4 Å². The second-order valence-corrected chi connectivity index (χ2v) is 4.14. The predicted molar refractivity (Wildman–Crippen MR) is 66.3 cm³/mol. The Morgan fingerprint density at radius 2 is 2.07 bits per heavy atom. The Kier molecular flexibility index (Phi) is 4.90. The fourth-order valence-corrected chi connectivity index (χ4v) is 1.56. The van der Waals surface area contributed by atoms with Crippen LogP contribution in [0.15, 0.2) is 35.4 Å². The maximum atomic E-state index is 11.2. The summed E-state index contributed by atoms with van der Waals surface area (Å²) in [4.78, 5) is 11.2.